The minimum absolute atomic E-state index is 0.0658. The van der Waals surface area contributed by atoms with Crippen molar-refractivity contribution in [1.29, 1.82) is 0 Å². The Kier molecular flexibility index (Phi) is 8.36. The van der Waals surface area contributed by atoms with Crippen LogP contribution in [0.4, 0.5) is 5.69 Å². The first-order chi connectivity index (χ1) is 14.8. The van der Waals surface area contributed by atoms with Gasteiger partial charge in [0.1, 0.15) is 5.92 Å². The number of ether oxygens (including phenoxy) is 3. The third kappa shape index (κ3) is 5.94. The van der Waals surface area contributed by atoms with Gasteiger partial charge in [0.2, 0.25) is 0 Å². The van der Waals surface area contributed by atoms with E-state index in [-0.39, 0.29) is 24.4 Å². The highest BCUT2D eigenvalue weighted by Gasteiger charge is 2.42. The molecule has 0 saturated heterocycles. The molecule has 1 heterocycles. The third-order valence-corrected chi connectivity index (χ3v) is 4.39. The number of anilines is 1. The third-order valence-electron chi connectivity index (χ3n) is 4.39. The van der Waals surface area contributed by atoms with Crippen molar-refractivity contribution in [3.63, 3.8) is 0 Å². The van der Waals surface area contributed by atoms with Crippen molar-refractivity contribution < 1.29 is 33.4 Å². The highest BCUT2D eigenvalue weighted by Crippen LogP contribution is 2.32. The van der Waals surface area contributed by atoms with E-state index in [1.54, 1.807) is 58.0 Å². The predicted molar refractivity (Wildman–Crippen MR) is 111 cm³/mol. The number of benzene rings is 1. The van der Waals surface area contributed by atoms with Crippen molar-refractivity contribution in [2.75, 3.05) is 25.1 Å². The molecule has 0 fully saturated rings. The molecule has 31 heavy (non-hydrogen) atoms. The Morgan fingerprint density at radius 1 is 0.871 bits per heavy atom. The molecule has 0 saturated carbocycles. The zero-order valence-corrected chi connectivity index (χ0v) is 17.9. The van der Waals surface area contributed by atoms with Crippen molar-refractivity contribution in [1.82, 2.24) is 5.32 Å². The average molecular weight is 430 g/mol. The van der Waals surface area contributed by atoms with Gasteiger partial charge in [-0.1, -0.05) is 18.2 Å². The normalized spacial score (nSPS) is 13.9. The maximum absolute atomic E-state index is 13.0. The van der Waals surface area contributed by atoms with Crippen molar-refractivity contribution in [2.45, 2.75) is 27.7 Å². The predicted octanol–water partition coefficient (Wildman–Crippen LogP) is 2.06. The molecule has 166 valence electrons. The molecule has 0 aromatic heterocycles. The van der Waals surface area contributed by atoms with Crippen LogP contribution in [0.15, 0.2) is 52.9 Å². The molecule has 2 N–H and O–H groups in total. The molecule has 1 aromatic rings. The number of amides is 1. The van der Waals surface area contributed by atoms with E-state index in [1.807, 2.05) is 0 Å². The number of rotatable bonds is 8. The monoisotopic (exact) mass is 430 g/mol. The molecule has 0 spiro atoms. The molecule has 0 unspecified atom stereocenters. The Balaban J connectivity index is 2.26. The fraction of sp³-hybridized carbons (Fsp3) is 0.364. The number of esters is 3. The second-order valence-corrected chi connectivity index (χ2v) is 6.60. The largest absolute Gasteiger partial charge is 0.463 e. The summed E-state index contributed by atoms with van der Waals surface area (Å²) in [4.78, 5) is 50.2. The Bertz CT molecular complexity index is 879. The van der Waals surface area contributed by atoms with Crippen LogP contribution in [0.3, 0.4) is 0 Å². The fourth-order valence-electron chi connectivity index (χ4n) is 3.13. The zero-order chi connectivity index (χ0) is 23.0. The molecular weight excluding hydrogens is 404 g/mol. The zero-order valence-electron chi connectivity index (χ0n) is 17.9. The summed E-state index contributed by atoms with van der Waals surface area (Å²) in [5.74, 6) is -4.42. The van der Waals surface area contributed by atoms with Crippen LogP contribution in [-0.2, 0) is 33.4 Å². The van der Waals surface area contributed by atoms with Crippen LogP contribution < -0.4 is 10.6 Å². The lowest BCUT2D eigenvalue weighted by molar-refractivity contribution is -0.153. The summed E-state index contributed by atoms with van der Waals surface area (Å²) < 4.78 is 15.3. The molecule has 0 atom stereocenters. The molecule has 9 heteroatoms. The first-order valence-electron chi connectivity index (χ1n) is 9.84. The number of carbonyl (C=O) groups excluding carboxylic acids is 4. The quantitative estimate of drug-likeness (QED) is 0.475. The van der Waals surface area contributed by atoms with Crippen molar-refractivity contribution in [2.24, 2.45) is 5.92 Å². The second-order valence-electron chi connectivity index (χ2n) is 6.60. The van der Waals surface area contributed by atoms with Gasteiger partial charge in [0.25, 0.3) is 5.91 Å². The van der Waals surface area contributed by atoms with Crippen LogP contribution in [0, 0.1) is 5.92 Å². The Morgan fingerprint density at radius 2 is 1.39 bits per heavy atom. The van der Waals surface area contributed by atoms with Crippen molar-refractivity contribution >= 4 is 29.5 Å². The lowest BCUT2D eigenvalue weighted by Crippen LogP contribution is -2.39. The fourth-order valence-corrected chi connectivity index (χ4v) is 3.13. The number of para-hydroxylation sites is 1. The summed E-state index contributed by atoms with van der Waals surface area (Å²) in [7, 11) is 0. The van der Waals surface area contributed by atoms with Gasteiger partial charge in [-0.15, -0.1) is 0 Å². The van der Waals surface area contributed by atoms with Gasteiger partial charge in [-0.05, 0) is 39.8 Å². The van der Waals surface area contributed by atoms with Crippen LogP contribution in [0.25, 0.3) is 0 Å². The van der Waals surface area contributed by atoms with Gasteiger partial charge in [0.15, 0.2) is 6.61 Å². The first-order valence-corrected chi connectivity index (χ1v) is 9.84. The molecule has 0 radical (unpaired) electrons. The van der Waals surface area contributed by atoms with E-state index in [0.717, 1.165) is 0 Å². The van der Waals surface area contributed by atoms with Gasteiger partial charge in [0.05, 0.1) is 24.4 Å². The summed E-state index contributed by atoms with van der Waals surface area (Å²) in [5, 5.41) is 5.50. The first kappa shape index (κ1) is 23.7. The lowest BCUT2D eigenvalue weighted by Gasteiger charge is -2.28. The Labute approximate surface area is 180 Å². The van der Waals surface area contributed by atoms with Crippen molar-refractivity contribution in [3.05, 3.63) is 52.9 Å². The standard InChI is InChI=1S/C22H26N2O7/c1-5-29-20(26)17-13(3)23-14(4)18(21(27)30-6-2)19(17)22(28)31-12-16(25)24-15-10-8-7-9-11-15/h7-11,19,23H,5-6,12H2,1-4H3,(H,24,25). The SMILES string of the molecule is CCOC(=O)C1=C(C)NC(C)=C(C(=O)OCC)C1C(=O)OCC(=O)Nc1ccccc1. The molecule has 0 aliphatic carbocycles. The molecule has 1 aliphatic rings. The number of carbonyl (C=O) groups is 4. The van der Waals surface area contributed by atoms with Crippen LogP contribution in [-0.4, -0.2) is 43.6 Å². The summed E-state index contributed by atoms with van der Waals surface area (Å²) in [5.41, 5.74) is 1.10. The number of hydrogen-bond acceptors (Lipinski definition) is 8. The number of dihydropyridines is 1. The minimum Gasteiger partial charge on any atom is -0.463 e. The van der Waals surface area contributed by atoms with Gasteiger partial charge in [0, 0.05) is 17.1 Å². The van der Waals surface area contributed by atoms with E-state index < -0.39 is 36.3 Å². The van der Waals surface area contributed by atoms with E-state index >= 15 is 0 Å². The van der Waals surface area contributed by atoms with Gasteiger partial charge in [-0.2, -0.15) is 0 Å². The van der Waals surface area contributed by atoms with Crippen LogP contribution in [0.2, 0.25) is 0 Å². The van der Waals surface area contributed by atoms with Gasteiger partial charge >= 0.3 is 17.9 Å². The summed E-state index contributed by atoms with van der Waals surface area (Å²) in [6, 6.07) is 8.65. The minimum atomic E-state index is -1.39. The van der Waals surface area contributed by atoms with E-state index in [1.165, 1.54) is 0 Å². The molecular formula is C22H26N2O7. The van der Waals surface area contributed by atoms with Crippen LogP contribution in [0.5, 0.6) is 0 Å². The molecule has 0 bridgehead atoms. The topological polar surface area (TPSA) is 120 Å². The highest BCUT2D eigenvalue weighted by molar-refractivity contribution is 6.06. The van der Waals surface area contributed by atoms with Gasteiger partial charge < -0.3 is 24.8 Å². The number of nitrogens with one attached hydrogen (secondary N) is 2. The average Bonchev–Trinajstić information content (AvgIpc) is 2.72. The van der Waals surface area contributed by atoms with Crippen LogP contribution >= 0.6 is 0 Å². The lowest BCUT2D eigenvalue weighted by atomic mass is 9.85. The molecule has 9 nitrogen and oxygen atoms in total. The Morgan fingerprint density at radius 3 is 1.87 bits per heavy atom. The van der Waals surface area contributed by atoms with E-state index in [9.17, 15) is 19.2 Å². The summed E-state index contributed by atoms with van der Waals surface area (Å²) in [6.45, 7) is 5.97. The van der Waals surface area contributed by atoms with Crippen LogP contribution in [0.1, 0.15) is 27.7 Å². The van der Waals surface area contributed by atoms with Gasteiger partial charge in [-0.3, -0.25) is 9.59 Å². The summed E-state index contributed by atoms with van der Waals surface area (Å²) in [6.07, 6.45) is 0. The maximum atomic E-state index is 13.0. The van der Waals surface area contributed by atoms with E-state index in [2.05, 4.69) is 10.6 Å². The molecule has 1 aromatic carbocycles. The molecule has 2 rings (SSSR count). The molecule has 1 aliphatic heterocycles. The maximum Gasteiger partial charge on any atom is 0.337 e. The van der Waals surface area contributed by atoms with E-state index in [0.29, 0.717) is 17.1 Å². The smallest absolute Gasteiger partial charge is 0.337 e. The van der Waals surface area contributed by atoms with Crippen molar-refractivity contribution in [3.8, 4) is 0 Å². The Hall–Kier alpha value is -3.62. The van der Waals surface area contributed by atoms with Gasteiger partial charge in [-0.25, -0.2) is 9.59 Å². The second kappa shape index (κ2) is 11.0. The number of hydrogen-bond donors (Lipinski definition) is 2. The summed E-state index contributed by atoms with van der Waals surface area (Å²) >= 11 is 0. The molecule has 1 amide bonds. The highest BCUT2D eigenvalue weighted by atomic mass is 16.5. The van der Waals surface area contributed by atoms with E-state index in [4.69, 9.17) is 14.2 Å². The number of allylic oxidation sites excluding steroid dienone is 2.